The second-order valence-corrected chi connectivity index (χ2v) is 8.41. The molecule has 35 heavy (non-hydrogen) atoms. The molecule has 0 aliphatic carbocycles. The molecule has 1 aliphatic rings. The fraction of sp³-hybridized carbons (Fsp3) is 0.333. The summed E-state index contributed by atoms with van der Waals surface area (Å²) in [5, 5.41) is 6.24. The number of amides is 1. The number of hydrogen-bond donors (Lipinski definition) is 1. The summed E-state index contributed by atoms with van der Waals surface area (Å²) in [5.41, 5.74) is -2.66. The number of carbonyl (C=O) groups is 1. The van der Waals surface area contributed by atoms with Crippen LogP contribution < -0.4 is 5.32 Å². The van der Waals surface area contributed by atoms with E-state index in [-0.39, 0.29) is 12.1 Å². The van der Waals surface area contributed by atoms with Gasteiger partial charge in [0.2, 0.25) is 0 Å². The summed E-state index contributed by atoms with van der Waals surface area (Å²) in [6.45, 7) is 3.11. The third kappa shape index (κ3) is 5.34. The van der Waals surface area contributed by atoms with Gasteiger partial charge in [0.15, 0.2) is 5.69 Å². The number of nitrogens with zero attached hydrogens (tertiary/aromatic N) is 3. The molecule has 0 radical (unpaired) electrons. The highest BCUT2D eigenvalue weighted by Crippen LogP contribution is 2.36. The summed E-state index contributed by atoms with van der Waals surface area (Å²) in [6, 6.07) is 12.7. The Balaban J connectivity index is 1.55. The van der Waals surface area contributed by atoms with Crippen molar-refractivity contribution in [3.63, 3.8) is 0 Å². The smallest absolute Gasteiger partial charge is 0.348 e. The molecule has 0 bridgehead atoms. The maximum atomic E-state index is 13.9. The average molecular weight is 496 g/mol. The third-order valence-electron chi connectivity index (χ3n) is 6.09. The molecule has 186 valence electrons. The van der Waals surface area contributed by atoms with Crippen molar-refractivity contribution in [2.24, 2.45) is 0 Å². The number of rotatable bonds is 5. The van der Waals surface area contributed by atoms with E-state index in [1.165, 1.54) is 0 Å². The quantitative estimate of drug-likeness (QED) is 0.477. The van der Waals surface area contributed by atoms with Crippen molar-refractivity contribution >= 4 is 5.91 Å². The Kier molecular flexibility index (Phi) is 6.63. The maximum Gasteiger partial charge on any atom is 0.434 e. The molecular weight excluding hydrogens is 474 g/mol. The van der Waals surface area contributed by atoms with Crippen LogP contribution in [0.15, 0.2) is 60.8 Å². The maximum absolute atomic E-state index is 13.9. The van der Waals surface area contributed by atoms with Gasteiger partial charge in [0.05, 0.1) is 23.0 Å². The van der Waals surface area contributed by atoms with Crippen LogP contribution >= 0.6 is 0 Å². The minimum Gasteiger partial charge on any atom is -0.348 e. The van der Waals surface area contributed by atoms with Gasteiger partial charge in [-0.15, -0.1) is 0 Å². The zero-order valence-corrected chi connectivity index (χ0v) is 18.6. The van der Waals surface area contributed by atoms with Gasteiger partial charge in [-0.1, -0.05) is 36.4 Å². The number of halogens is 6. The average Bonchev–Trinajstić information content (AvgIpc) is 3.46. The lowest BCUT2D eigenvalue weighted by Gasteiger charge is -2.24. The molecule has 2 heterocycles. The Morgan fingerprint density at radius 1 is 1.03 bits per heavy atom. The molecule has 11 heteroatoms. The molecule has 1 aliphatic heterocycles. The highest BCUT2D eigenvalue weighted by atomic mass is 19.4. The predicted octanol–water partition coefficient (Wildman–Crippen LogP) is 5.48. The van der Waals surface area contributed by atoms with Gasteiger partial charge in [-0.05, 0) is 37.1 Å². The lowest BCUT2D eigenvalue weighted by atomic mass is 10.1. The van der Waals surface area contributed by atoms with E-state index >= 15 is 0 Å². The van der Waals surface area contributed by atoms with E-state index in [9.17, 15) is 31.1 Å². The second-order valence-electron chi connectivity index (χ2n) is 8.41. The van der Waals surface area contributed by atoms with Crippen LogP contribution in [0.1, 0.15) is 46.6 Å². The van der Waals surface area contributed by atoms with E-state index < -0.39 is 40.8 Å². The van der Waals surface area contributed by atoms with Crippen LogP contribution in [0.3, 0.4) is 0 Å². The molecule has 0 saturated carbocycles. The number of nitrogens with one attached hydrogen (secondary N) is 1. The molecule has 1 aromatic heterocycles. The van der Waals surface area contributed by atoms with Crippen molar-refractivity contribution < 1.29 is 31.1 Å². The minimum absolute atomic E-state index is 0.0625. The molecule has 1 saturated heterocycles. The lowest BCUT2D eigenvalue weighted by Crippen LogP contribution is -2.38. The minimum atomic E-state index is -5.03. The van der Waals surface area contributed by atoms with Crippen LogP contribution in [0.2, 0.25) is 0 Å². The van der Waals surface area contributed by atoms with Crippen molar-refractivity contribution in [2.45, 2.75) is 37.8 Å². The highest BCUT2D eigenvalue weighted by molar-refractivity contribution is 5.95. The van der Waals surface area contributed by atoms with Crippen LogP contribution in [-0.4, -0.2) is 39.7 Å². The topological polar surface area (TPSA) is 50.2 Å². The van der Waals surface area contributed by atoms with E-state index in [0.717, 1.165) is 30.0 Å². The van der Waals surface area contributed by atoms with E-state index in [0.29, 0.717) is 30.3 Å². The fourth-order valence-electron chi connectivity index (χ4n) is 4.26. The van der Waals surface area contributed by atoms with Gasteiger partial charge in [0.25, 0.3) is 5.91 Å². The third-order valence-corrected chi connectivity index (χ3v) is 6.09. The summed E-state index contributed by atoms with van der Waals surface area (Å²) in [6.07, 6.45) is -8.49. The Morgan fingerprint density at radius 2 is 1.74 bits per heavy atom. The summed E-state index contributed by atoms with van der Waals surface area (Å²) in [4.78, 5) is 14.9. The zero-order chi connectivity index (χ0) is 25.4. The number of carbonyl (C=O) groups excluding carboxylic acids is 1. The number of hydrogen-bond acceptors (Lipinski definition) is 3. The first-order valence-electron chi connectivity index (χ1n) is 10.9. The number of benzene rings is 2. The van der Waals surface area contributed by atoms with Crippen molar-refractivity contribution in [1.82, 2.24) is 20.0 Å². The summed E-state index contributed by atoms with van der Waals surface area (Å²) in [5.74, 6) is -0.977. The Hall–Kier alpha value is -3.34. The molecule has 2 aromatic carbocycles. The van der Waals surface area contributed by atoms with Crippen molar-refractivity contribution in [1.29, 1.82) is 0 Å². The molecule has 1 amide bonds. The van der Waals surface area contributed by atoms with E-state index in [2.05, 4.69) is 15.3 Å². The molecule has 2 unspecified atom stereocenters. The van der Waals surface area contributed by atoms with E-state index in [1.807, 2.05) is 37.3 Å². The number of aromatic nitrogens is 2. The first-order chi connectivity index (χ1) is 16.4. The van der Waals surface area contributed by atoms with Gasteiger partial charge >= 0.3 is 12.4 Å². The van der Waals surface area contributed by atoms with Gasteiger partial charge in [-0.25, -0.2) is 4.68 Å². The number of alkyl halides is 6. The first kappa shape index (κ1) is 24.8. The molecule has 4 rings (SSSR count). The van der Waals surface area contributed by atoms with Gasteiger partial charge < -0.3 is 5.32 Å². The molecule has 1 fully saturated rings. The summed E-state index contributed by atoms with van der Waals surface area (Å²) in [7, 11) is 0. The largest absolute Gasteiger partial charge is 0.434 e. The molecule has 0 spiro atoms. The van der Waals surface area contributed by atoms with Crippen LogP contribution in [0.4, 0.5) is 26.3 Å². The van der Waals surface area contributed by atoms with Crippen LogP contribution in [0.25, 0.3) is 5.69 Å². The standard InChI is InChI=1S/C24H22F6N4O/c1-15(16-6-3-2-4-7-16)33-11-10-18(14-33)32-22(35)20-13-31-34(21(20)24(28,29)30)19-9-5-8-17(12-19)23(25,26)27/h2-9,12-13,15,18H,10-11,14H2,1H3,(H,32,35). The second kappa shape index (κ2) is 9.37. The molecular formula is C24H22F6N4O. The van der Waals surface area contributed by atoms with Gasteiger partial charge in [0, 0.05) is 25.2 Å². The van der Waals surface area contributed by atoms with Crippen molar-refractivity contribution in [3.8, 4) is 5.69 Å². The highest BCUT2D eigenvalue weighted by Gasteiger charge is 2.41. The van der Waals surface area contributed by atoms with Crippen LogP contribution in [0, 0.1) is 0 Å². The van der Waals surface area contributed by atoms with Crippen molar-refractivity contribution in [3.05, 3.63) is 83.2 Å². The normalized spacial score (nSPS) is 18.0. The van der Waals surface area contributed by atoms with Gasteiger partial charge in [-0.3, -0.25) is 9.69 Å². The number of likely N-dealkylation sites (tertiary alicyclic amines) is 1. The van der Waals surface area contributed by atoms with Crippen molar-refractivity contribution in [2.75, 3.05) is 13.1 Å². The Labute approximate surface area is 197 Å². The molecule has 1 N–H and O–H groups in total. The van der Waals surface area contributed by atoms with E-state index in [1.54, 1.807) is 0 Å². The predicted molar refractivity (Wildman–Crippen MR) is 116 cm³/mol. The summed E-state index contributed by atoms with van der Waals surface area (Å²) >= 11 is 0. The zero-order valence-electron chi connectivity index (χ0n) is 18.6. The molecule has 3 aromatic rings. The van der Waals surface area contributed by atoms with Crippen LogP contribution in [-0.2, 0) is 12.4 Å². The van der Waals surface area contributed by atoms with E-state index in [4.69, 9.17) is 0 Å². The van der Waals surface area contributed by atoms with Gasteiger partial charge in [-0.2, -0.15) is 31.4 Å². The Bertz CT molecular complexity index is 1190. The first-order valence-corrected chi connectivity index (χ1v) is 10.9. The Morgan fingerprint density at radius 3 is 2.40 bits per heavy atom. The molecule has 5 nitrogen and oxygen atoms in total. The lowest BCUT2D eigenvalue weighted by molar-refractivity contribution is -0.143. The van der Waals surface area contributed by atoms with Gasteiger partial charge in [0.1, 0.15) is 0 Å². The SMILES string of the molecule is CC(c1ccccc1)N1CCC(NC(=O)c2cnn(-c3cccc(C(F)(F)F)c3)c2C(F)(F)F)C1. The fourth-order valence-corrected chi connectivity index (χ4v) is 4.26. The molecule has 2 atom stereocenters. The summed E-state index contributed by atoms with van der Waals surface area (Å²) < 4.78 is 81.3. The van der Waals surface area contributed by atoms with Crippen LogP contribution in [0.5, 0.6) is 0 Å². The monoisotopic (exact) mass is 496 g/mol.